The molecule has 0 aromatic carbocycles. The van der Waals surface area contributed by atoms with E-state index < -0.39 is 17.9 Å². The molecule has 2 saturated carbocycles. The van der Waals surface area contributed by atoms with Crippen LogP contribution in [0.25, 0.3) is 0 Å². The number of esters is 3. The van der Waals surface area contributed by atoms with Gasteiger partial charge in [0.05, 0.1) is 20.1 Å². The molecule has 0 saturated heterocycles. The first-order valence-corrected chi connectivity index (χ1v) is 9.97. The molecule has 1 aromatic rings. The van der Waals surface area contributed by atoms with Gasteiger partial charge in [0, 0.05) is 17.4 Å². The van der Waals surface area contributed by atoms with Gasteiger partial charge in [-0.15, -0.1) is 11.3 Å². The van der Waals surface area contributed by atoms with E-state index in [1.165, 1.54) is 14.2 Å². The van der Waals surface area contributed by atoms with E-state index in [1.807, 2.05) is 0 Å². The number of carbonyl (C=O) groups excluding carboxylic acids is 4. The van der Waals surface area contributed by atoms with Crippen molar-refractivity contribution in [1.82, 2.24) is 0 Å². The van der Waals surface area contributed by atoms with Gasteiger partial charge in [-0.2, -0.15) is 0 Å². The molecule has 2 aliphatic carbocycles. The van der Waals surface area contributed by atoms with Crippen molar-refractivity contribution in [3.05, 3.63) is 16.0 Å². The Labute approximate surface area is 166 Å². The molecule has 1 heterocycles. The molecule has 0 aliphatic heterocycles. The molecule has 28 heavy (non-hydrogen) atoms. The van der Waals surface area contributed by atoms with Crippen molar-refractivity contribution in [1.29, 1.82) is 0 Å². The lowest BCUT2D eigenvalue weighted by atomic mass is 9.67. The minimum atomic E-state index is -0.715. The summed E-state index contributed by atoms with van der Waals surface area (Å²) in [6.07, 6.45) is 3.64. The fourth-order valence-corrected chi connectivity index (χ4v) is 5.12. The van der Waals surface area contributed by atoms with Crippen molar-refractivity contribution in [3.8, 4) is 0 Å². The van der Waals surface area contributed by atoms with E-state index in [9.17, 15) is 19.2 Å². The number of ether oxygens (including phenoxy) is 3. The third-order valence-electron chi connectivity index (χ3n) is 5.53. The molecule has 0 spiro atoms. The molecule has 0 radical (unpaired) electrons. The maximum atomic E-state index is 12.6. The SMILES string of the molecule is COC(=O)c1sc(N)c(C(=O)OC)c1COC(=O)C1CC2CCCC(C1)C2=O. The van der Waals surface area contributed by atoms with Crippen LogP contribution in [0.4, 0.5) is 5.00 Å². The van der Waals surface area contributed by atoms with Gasteiger partial charge in [-0.3, -0.25) is 9.59 Å². The molecule has 0 amide bonds. The molecule has 2 unspecified atom stereocenters. The summed E-state index contributed by atoms with van der Waals surface area (Å²) in [6.45, 7) is -0.290. The Balaban J connectivity index is 1.76. The molecule has 3 rings (SSSR count). The lowest BCUT2D eigenvalue weighted by Crippen LogP contribution is -2.39. The van der Waals surface area contributed by atoms with E-state index >= 15 is 0 Å². The lowest BCUT2D eigenvalue weighted by Gasteiger charge is -2.36. The van der Waals surface area contributed by atoms with E-state index in [1.54, 1.807) is 0 Å². The van der Waals surface area contributed by atoms with E-state index in [2.05, 4.69) is 0 Å². The van der Waals surface area contributed by atoms with Crippen LogP contribution in [0.2, 0.25) is 0 Å². The van der Waals surface area contributed by atoms with Crippen LogP contribution in [0, 0.1) is 17.8 Å². The van der Waals surface area contributed by atoms with Crippen LogP contribution in [0.15, 0.2) is 0 Å². The summed E-state index contributed by atoms with van der Waals surface area (Å²) >= 11 is 0.885. The van der Waals surface area contributed by atoms with Crippen LogP contribution in [0.5, 0.6) is 0 Å². The number of methoxy groups -OCH3 is 2. The van der Waals surface area contributed by atoms with Gasteiger partial charge < -0.3 is 19.9 Å². The largest absolute Gasteiger partial charge is 0.465 e. The highest BCUT2D eigenvalue weighted by Crippen LogP contribution is 2.41. The molecular weight excluding hydrogens is 386 g/mol. The highest BCUT2D eigenvalue weighted by Gasteiger charge is 2.42. The first-order chi connectivity index (χ1) is 13.4. The average Bonchev–Trinajstić information content (AvgIpc) is 3.00. The van der Waals surface area contributed by atoms with E-state index in [0.29, 0.717) is 12.8 Å². The Morgan fingerprint density at radius 3 is 2.25 bits per heavy atom. The Morgan fingerprint density at radius 2 is 1.68 bits per heavy atom. The normalized spacial score (nSPS) is 23.8. The van der Waals surface area contributed by atoms with Crippen molar-refractivity contribution < 1.29 is 33.4 Å². The molecule has 8 nitrogen and oxygen atoms in total. The fourth-order valence-electron chi connectivity index (χ4n) is 4.14. The number of fused-ring (bicyclic) bond motifs is 2. The summed E-state index contributed by atoms with van der Waals surface area (Å²) in [7, 11) is 2.41. The summed E-state index contributed by atoms with van der Waals surface area (Å²) in [4.78, 5) is 49.0. The minimum absolute atomic E-state index is 0.0105. The second-order valence-electron chi connectivity index (χ2n) is 7.14. The van der Waals surface area contributed by atoms with Crippen LogP contribution in [-0.2, 0) is 30.4 Å². The van der Waals surface area contributed by atoms with Crippen molar-refractivity contribution in [2.75, 3.05) is 20.0 Å². The third-order valence-corrected chi connectivity index (χ3v) is 6.58. The number of ketones is 1. The molecular formula is C19H23NO7S. The topological polar surface area (TPSA) is 122 Å². The molecule has 1 aromatic heterocycles. The Kier molecular flexibility index (Phi) is 6.02. The Bertz CT molecular complexity index is 799. The maximum absolute atomic E-state index is 12.6. The number of hydrogen-bond donors (Lipinski definition) is 1. The smallest absolute Gasteiger partial charge is 0.348 e. The predicted molar refractivity (Wildman–Crippen MR) is 99.8 cm³/mol. The number of nitrogens with two attached hydrogens (primary N) is 1. The van der Waals surface area contributed by atoms with E-state index in [0.717, 1.165) is 30.6 Å². The first-order valence-electron chi connectivity index (χ1n) is 9.15. The number of thiophene rings is 1. The molecule has 2 N–H and O–H groups in total. The van der Waals surface area contributed by atoms with Crippen molar-refractivity contribution >= 4 is 40.0 Å². The summed E-state index contributed by atoms with van der Waals surface area (Å²) in [5.74, 6) is -2.05. The second kappa shape index (κ2) is 8.30. The van der Waals surface area contributed by atoms with Crippen molar-refractivity contribution in [2.24, 2.45) is 17.8 Å². The Hall–Kier alpha value is -2.42. The number of rotatable bonds is 5. The van der Waals surface area contributed by atoms with Gasteiger partial charge >= 0.3 is 17.9 Å². The number of hydrogen-bond acceptors (Lipinski definition) is 9. The minimum Gasteiger partial charge on any atom is -0.465 e. The zero-order valence-corrected chi connectivity index (χ0v) is 16.6. The van der Waals surface area contributed by atoms with Gasteiger partial charge in [-0.05, 0) is 25.7 Å². The quantitative estimate of drug-likeness (QED) is 0.581. The van der Waals surface area contributed by atoms with Crippen LogP contribution in [-0.4, -0.2) is 37.9 Å². The molecule has 2 fully saturated rings. The van der Waals surface area contributed by atoms with Crippen LogP contribution < -0.4 is 5.73 Å². The average molecular weight is 409 g/mol. The monoisotopic (exact) mass is 409 g/mol. The summed E-state index contributed by atoms with van der Waals surface area (Å²) in [5.41, 5.74) is 6.06. The van der Waals surface area contributed by atoms with Gasteiger partial charge in [0.2, 0.25) is 0 Å². The van der Waals surface area contributed by atoms with E-state index in [-0.39, 0.29) is 51.1 Å². The maximum Gasteiger partial charge on any atom is 0.348 e. The standard InChI is InChI=1S/C19H23NO7S/c1-25-18(23)13-12(15(19(24)26-2)28-16(13)20)8-27-17(22)11-6-9-4-3-5-10(7-11)14(9)21/h9-11H,3-8,20H2,1-2H3. The Morgan fingerprint density at radius 1 is 1.07 bits per heavy atom. The lowest BCUT2D eigenvalue weighted by molar-refractivity contribution is -0.154. The number of anilines is 1. The fraction of sp³-hybridized carbons (Fsp3) is 0.579. The summed E-state index contributed by atoms with van der Waals surface area (Å²) in [5, 5.41) is 0.0936. The molecule has 2 aliphatic rings. The van der Waals surface area contributed by atoms with Gasteiger partial charge in [0.15, 0.2) is 0 Å². The van der Waals surface area contributed by atoms with Gasteiger partial charge in [-0.25, -0.2) is 9.59 Å². The molecule has 2 bridgehead atoms. The first kappa shape index (κ1) is 20.3. The van der Waals surface area contributed by atoms with Gasteiger partial charge in [0.25, 0.3) is 0 Å². The van der Waals surface area contributed by atoms with Crippen molar-refractivity contribution in [3.63, 3.8) is 0 Å². The van der Waals surface area contributed by atoms with E-state index in [4.69, 9.17) is 19.9 Å². The number of nitrogen functional groups attached to an aromatic ring is 1. The summed E-state index contributed by atoms with van der Waals surface area (Å²) < 4.78 is 14.9. The zero-order chi connectivity index (χ0) is 20.4. The molecule has 9 heteroatoms. The number of Topliss-reactive ketones (excluding diaryl/α,β-unsaturated/α-hetero) is 1. The van der Waals surface area contributed by atoms with Crippen LogP contribution in [0.3, 0.4) is 0 Å². The molecule has 152 valence electrons. The predicted octanol–water partition coefficient (Wildman–Crippen LogP) is 2.34. The van der Waals surface area contributed by atoms with Crippen LogP contribution in [0.1, 0.15) is 57.7 Å². The van der Waals surface area contributed by atoms with Gasteiger partial charge in [-0.1, -0.05) is 6.42 Å². The second-order valence-corrected chi connectivity index (χ2v) is 8.19. The highest BCUT2D eigenvalue weighted by atomic mass is 32.1. The van der Waals surface area contributed by atoms with Crippen LogP contribution >= 0.6 is 11.3 Å². The van der Waals surface area contributed by atoms with Crippen molar-refractivity contribution in [2.45, 2.75) is 38.7 Å². The van der Waals surface area contributed by atoms with Gasteiger partial charge in [0.1, 0.15) is 27.8 Å². The third kappa shape index (κ3) is 3.76. The number of carbonyl (C=O) groups is 4. The zero-order valence-electron chi connectivity index (χ0n) is 15.8. The highest BCUT2D eigenvalue weighted by molar-refractivity contribution is 7.18. The molecule has 2 atom stereocenters. The summed E-state index contributed by atoms with van der Waals surface area (Å²) in [6, 6.07) is 0.